The lowest BCUT2D eigenvalue weighted by molar-refractivity contribution is 0.414. The molecule has 0 saturated carbocycles. The minimum atomic E-state index is 0.530. The Hall–Kier alpha value is -1.48. The van der Waals surface area contributed by atoms with Crippen molar-refractivity contribution in [1.29, 1.82) is 0 Å². The van der Waals surface area contributed by atoms with E-state index >= 15 is 0 Å². The average molecular weight is 230 g/mol. The van der Waals surface area contributed by atoms with Crippen molar-refractivity contribution in [2.75, 3.05) is 32.1 Å². The van der Waals surface area contributed by atoms with Crippen LogP contribution in [0.1, 0.15) is 17.9 Å². The predicted octanol–water partition coefficient (Wildman–Crippen LogP) is 2.12. The van der Waals surface area contributed by atoms with Crippen LogP contribution in [0.3, 0.4) is 0 Å². The minimum Gasteiger partial charge on any atom is -0.497 e. The Kier molecular flexibility index (Phi) is 2.77. The van der Waals surface area contributed by atoms with Crippen molar-refractivity contribution in [2.24, 2.45) is 0 Å². The first-order chi connectivity index (χ1) is 8.38. The Morgan fingerprint density at radius 3 is 3.06 bits per heavy atom. The molecule has 2 aliphatic heterocycles. The SMILES string of the molecule is COc1ccc2c(c1)C(C1=CCNCC1)CN2. The van der Waals surface area contributed by atoms with Crippen molar-refractivity contribution in [3.8, 4) is 5.75 Å². The van der Waals surface area contributed by atoms with Gasteiger partial charge in [0, 0.05) is 24.7 Å². The molecule has 2 aliphatic rings. The van der Waals surface area contributed by atoms with Gasteiger partial charge >= 0.3 is 0 Å². The quantitative estimate of drug-likeness (QED) is 0.764. The van der Waals surface area contributed by atoms with Crippen molar-refractivity contribution in [3.05, 3.63) is 35.4 Å². The summed E-state index contributed by atoms with van der Waals surface area (Å²) in [5, 5.41) is 6.85. The fourth-order valence-corrected chi connectivity index (χ4v) is 2.73. The van der Waals surface area contributed by atoms with E-state index in [-0.39, 0.29) is 0 Å². The van der Waals surface area contributed by atoms with Gasteiger partial charge in [-0.1, -0.05) is 11.6 Å². The largest absolute Gasteiger partial charge is 0.497 e. The number of hydrogen-bond donors (Lipinski definition) is 2. The topological polar surface area (TPSA) is 33.3 Å². The standard InChI is InChI=1S/C14H18N2O/c1-17-11-2-3-14-12(8-11)13(9-16-14)10-4-6-15-7-5-10/h2-4,8,13,15-16H,5-7,9H2,1H3. The van der Waals surface area contributed by atoms with Crippen LogP contribution in [-0.2, 0) is 0 Å². The molecule has 0 radical (unpaired) electrons. The number of hydrogen-bond acceptors (Lipinski definition) is 3. The lowest BCUT2D eigenvalue weighted by Crippen LogP contribution is -2.23. The Morgan fingerprint density at radius 2 is 2.29 bits per heavy atom. The van der Waals surface area contributed by atoms with Crippen molar-refractivity contribution in [3.63, 3.8) is 0 Å². The Labute approximate surface area is 102 Å². The van der Waals surface area contributed by atoms with Crippen molar-refractivity contribution in [1.82, 2.24) is 5.32 Å². The maximum atomic E-state index is 5.32. The smallest absolute Gasteiger partial charge is 0.119 e. The second-order valence-electron chi connectivity index (χ2n) is 4.62. The summed E-state index contributed by atoms with van der Waals surface area (Å²) in [7, 11) is 1.73. The number of methoxy groups -OCH3 is 1. The van der Waals surface area contributed by atoms with Crippen LogP contribution in [0.15, 0.2) is 29.8 Å². The van der Waals surface area contributed by atoms with E-state index in [0.717, 1.165) is 31.8 Å². The van der Waals surface area contributed by atoms with Crippen LogP contribution in [0.2, 0.25) is 0 Å². The first-order valence-electron chi connectivity index (χ1n) is 6.20. The molecule has 90 valence electrons. The molecule has 1 unspecified atom stereocenters. The summed E-state index contributed by atoms with van der Waals surface area (Å²) < 4.78 is 5.32. The number of fused-ring (bicyclic) bond motifs is 1. The third-order valence-corrected chi connectivity index (χ3v) is 3.68. The zero-order valence-electron chi connectivity index (χ0n) is 10.1. The highest BCUT2D eigenvalue weighted by atomic mass is 16.5. The zero-order chi connectivity index (χ0) is 11.7. The van der Waals surface area contributed by atoms with Crippen LogP contribution in [0.5, 0.6) is 5.75 Å². The van der Waals surface area contributed by atoms with Crippen molar-refractivity contribution in [2.45, 2.75) is 12.3 Å². The van der Waals surface area contributed by atoms with Crippen LogP contribution in [0.4, 0.5) is 5.69 Å². The number of benzene rings is 1. The van der Waals surface area contributed by atoms with Crippen molar-refractivity contribution >= 4 is 5.69 Å². The van der Waals surface area contributed by atoms with Crippen LogP contribution < -0.4 is 15.4 Å². The summed E-state index contributed by atoms with van der Waals surface area (Å²) in [6, 6.07) is 6.31. The first kappa shape index (κ1) is 10.7. The van der Waals surface area contributed by atoms with Crippen LogP contribution >= 0.6 is 0 Å². The van der Waals surface area contributed by atoms with Gasteiger partial charge in [-0.05, 0) is 36.7 Å². The Bertz CT molecular complexity index is 454. The number of nitrogens with one attached hydrogen (secondary N) is 2. The van der Waals surface area contributed by atoms with E-state index < -0.39 is 0 Å². The van der Waals surface area contributed by atoms with E-state index in [1.165, 1.54) is 11.3 Å². The maximum absolute atomic E-state index is 5.32. The van der Waals surface area contributed by atoms with E-state index in [2.05, 4.69) is 28.8 Å². The molecule has 3 heteroatoms. The van der Waals surface area contributed by atoms with E-state index in [1.807, 2.05) is 6.07 Å². The summed E-state index contributed by atoms with van der Waals surface area (Å²) in [6.45, 7) is 3.13. The lowest BCUT2D eigenvalue weighted by Gasteiger charge is -2.20. The van der Waals surface area contributed by atoms with E-state index in [9.17, 15) is 0 Å². The first-order valence-corrected chi connectivity index (χ1v) is 6.20. The fraction of sp³-hybridized carbons (Fsp3) is 0.429. The van der Waals surface area contributed by atoms with Gasteiger partial charge in [0.25, 0.3) is 0 Å². The van der Waals surface area contributed by atoms with Gasteiger partial charge in [0.1, 0.15) is 5.75 Å². The molecule has 2 heterocycles. The third kappa shape index (κ3) is 1.91. The van der Waals surface area contributed by atoms with Crippen molar-refractivity contribution < 1.29 is 4.74 Å². The highest BCUT2D eigenvalue weighted by Gasteiger charge is 2.26. The third-order valence-electron chi connectivity index (χ3n) is 3.68. The second-order valence-corrected chi connectivity index (χ2v) is 4.62. The molecule has 0 spiro atoms. The lowest BCUT2D eigenvalue weighted by atomic mass is 9.89. The Balaban J connectivity index is 1.93. The van der Waals surface area contributed by atoms with Gasteiger partial charge in [0.15, 0.2) is 0 Å². The summed E-state index contributed by atoms with van der Waals surface area (Å²) >= 11 is 0. The van der Waals surface area contributed by atoms with E-state index in [4.69, 9.17) is 4.74 Å². The number of rotatable bonds is 2. The molecule has 2 N–H and O–H groups in total. The van der Waals surface area contributed by atoms with Gasteiger partial charge in [-0.15, -0.1) is 0 Å². The molecule has 0 bridgehead atoms. The molecule has 1 atom stereocenters. The number of anilines is 1. The normalized spacial score (nSPS) is 22.6. The number of ether oxygens (including phenoxy) is 1. The van der Waals surface area contributed by atoms with Gasteiger partial charge < -0.3 is 15.4 Å². The Morgan fingerprint density at radius 1 is 1.35 bits per heavy atom. The fourth-order valence-electron chi connectivity index (χ4n) is 2.73. The van der Waals surface area contributed by atoms with Gasteiger partial charge in [-0.3, -0.25) is 0 Å². The highest BCUT2D eigenvalue weighted by Crippen LogP contribution is 2.39. The summed E-state index contributed by atoms with van der Waals surface area (Å²) in [5.74, 6) is 1.48. The zero-order valence-corrected chi connectivity index (χ0v) is 10.1. The molecule has 3 nitrogen and oxygen atoms in total. The highest BCUT2D eigenvalue weighted by molar-refractivity contribution is 5.62. The molecule has 17 heavy (non-hydrogen) atoms. The summed E-state index contributed by atoms with van der Waals surface area (Å²) in [4.78, 5) is 0. The van der Waals surface area contributed by atoms with E-state index in [0.29, 0.717) is 5.92 Å². The molecule has 0 aliphatic carbocycles. The predicted molar refractivity (Wildman–Crippen MR) is 69.8 cm³/mol. The monoisotopic (exact) mass is 230 g/mol. The van der Waals surface area contributed by atoms with Crippen LogP contribution in [-0.4, -0.2) is 26.7 Å². The molecule has 3 rings (SSSR count). The van der Waals surface area contributed by atoms with Gasteiger partial charge in [0.05, 0.1) is 7.11 Å². The summed E-state index contributed by atoms with van der Waals surface area (Å²) in [5.41, 5.74) is 4.20. The van der Waals surface area contributed by atoms with Gasteiger partial charge in [-0.2, -0.15) is 0 Å². The molecule has 0 amide bonds. The van der Waals surface area contributed by atoms with E-state index in [1.54, 1.807) is 12.7 Å². The minimum absolute atomic E-state index is 0.530. The molecule has 1 aromatic rings. The van der Waals surface area contributed by atoms with Crippen LogP contribution in [0.25, 0.3) is 0 Å². The average Bonchev–Trinajstić information content (AvgIpc) is 2.82. The molecule has 1 aromatic carbocycles. The van der Waals surface area contributed by atoms with Gasteiger partial charge in [-0.25, -0.2) is 0 Å². The maximum Gasteiger partial charge on any atom is 0.119 e. The molecular formula is C14H18N2O. The second kappa shape index (κ2) is 4.41. The molecule has 0 saturated heterocycles. The molecule has 0 fully saturated rings. The van der Waals surface area contributed by atoms with Crippen LogP contribution in [0, 0.1) is 0 Å². The van der Waals surface area contributed by atoms with Gasteiger partial charge in [0.2, 0.25) is 0 Å². The summed E-state index contributed by atoms with van der Waals surface area (Å²) in [6.07, 6.45) is 3.49. The molecule has 0 aromatic heterocycles. The molecular weight excluding hydrogens is 212 g/mol.